The number of rotatable bonds is 5. The second-order valence-corrected chi connectivity index (χ2v) is 6.97. The van der Waals surface area contributed by atoms with Crippen LogP contribution in [0.1, 0.15) is 5.56 Å². The molecule has 0 amide bonds. The van der Waals surface area contributed by atoms with E-state index in [1.807, 2.05) is 4.72 Å². The van der Waals surface area contributed by atoms with E-state index < -0.39 is 28.8 Å². The fraction of sp³-hybridized carbons (Fsp3) is 0.105. The molecule has 0 aliphatic carbocycles. The van der Waals surface area contributed by atoms with Gasteiger partial charge >= 0.3 is 5.98 Å². The Bertz CT molecular complexity index is 1210. The van der Waals surface area contributed by atoms with Crippen molar-refractivity contribution in [3.05, 3.63) is 72.2 Å². The summed E-state index contributed by atoms with van der Waals surface area (Å²) in [6.07, 6.45) is 5.90. The van der Waals surface area contributed by atoms with Gasteiger partial charge < -0.3 is 10.1 Å². The van der Waals surface area contributed by atoms with Crippen molar-refractivity contribution in [2.45, 2.75) is 5.98 Å². The van der Waals surface area contributed by atoms with E-state index in [1.165, 1.54) is 0 Å². The average molecular weight is 431 g/mol. The molecular weight excluding hydrogens is 416 g/mol. The minimum Gasteiger partial charge on any atom is -0.331 e. The zero-order valence-corrected chi connectivity index (χ0v) is 16.3. The van der Waals surface area contributed by atoms with Crippen LogP contribution in [0.3, 0.4) is 0 Å². The highest BCUT2D eigenvalue weighted by atomic mass is 32.2. The van der Waals surface area contributed by atoms with E-state index >= 15 is 4.39 Å². The highest BCUT2D eigenvalue weighted by molar-refractivity contribution is 7.77. The molecule has 0 spiro atoms. The van der Waals surface area contributed by atoms with Crippen molar-refractivity contribution in [2.75, 3.05) is 7.11 Å². The Morgan fingerprint density at radius 2 is 2.03 bits per heavy atom. The second kappa shape index (κ2) is 7.86. The van der Waals surface area contributed by atoms with Gasteiger partial charge in [-0.25, -0.2) is 8.60 Å². The van der Waals surface area contributed by atoms with Crippen molar-refractivity contribution >= 4 is 27.7 Å². The summed E-state index contributed by atoms with van der Waals surface area (Å²) in [7, 11) is 0.998. The Kier molecular flexibility index (Phi) is 5.24. The Hall–Kier alpha value is -3.28. The quantitative estimate of drug-likeness (QED) is 0.421. The second-order valence-electron chi connectivity index (χ2n) is 6.26. The number of benzene rings is 1. The lowest BCUT2D eigenvalue weighted by molar-refractivity contribution is -0.111. The number of alkyl halides is 1. The van der Waals surface area contributed by atoms with Crippen molar-refractivity contribution in [1.82, 2.24) is 25.2 Å². The number of hydrogen-bond acceptors (Lipinski definition) is 6. The fourth-order valence-electron chi connectivity index (χ4n) is 3.16. The highest BCUT2D eigenvalue weighted by Crippen LogP contribution is 2.37. The molecule has 3 aromatic rings. The Balaban J connectivity index is 1.86. The highest BCUT2D eigenvalue weighted by Gasteiger charge is 2.42. The topological polar surface area (TPSA) is 109 Å². The van der Waals surface area contributed by atoms with Crippen LogP contribution in [0.2, 0.25) is 0 Å². The molecule has 154 valence electrons. The molecule has 3 heterocycles. The number of halogens is 2. The first-order chi connectivity index (χ1) is 14.4. The predicted octanol–water partition coefficient (Wildman–Crippen LogP) is 2.81. The normalized spacial score (nSPS) is 19.9. The molecule has 2 unspecified atom stereocenters. The molecule has 2 aromatic heterocycles. The van der Waals surface area contributed by atoms with Gasteiger partial charge in [0, 0.05) is 36.0 Å². The fourth-order valence-corrected chi connectivity index (χ4v) is 3.56. The molecule has 1 aliphatic heterocycles. The van der Waals surface area contributed by atoms with Crippen LogP contribution in [0.15, 0.2) is 66.6 Å². The summed E-state index contributed by atoms with van der Waals surface area (Å²) >= 11 is -2.71. The van der Waals surface area contributed by atoms with Crippen molar-refractivity contribution in [3.63, 3.8) is 0 Å². The van der Waals surface area contributed by atoms with Gasteiger partial charge in [-0.2, -0.15) is 14.6 Å². The molecule has 11 heteroatoms. The lowest BCUT2D eigenvalue weighted by Crippen LogP contribution is -2.49. The zero-order chi connectivity index (χ0) is 21.3. The van der Waals surface area contributed by atoms with Gasteiger partial charge in [0.25, 0.3) is 11.3 Å². The molecule has 0 saturated heterocycles. The standard InChI is InChI=1S/C19H15F2N5O3S/c1-29-19(21)18(26-30(27)28)17(20)15(10-23-19)11-2-3-16-14(8-11)13(5-6-22-16)12-4-7-24-25-9-12/h2-10,23,26H,1H3,(H,27,28). The number of allylic oxidation sites excluding steroid dienone is 2. The summed E-state index contributed by atoms with van der Waals surface area (Å²) in [5.41, 5.74) is 1.78. The molecule has 0 fully saturated rings. The molecule has 0 radical (unpaired) electrons. The van der Waals surface area contributed by atoms with Gasteiger partial charge in [0.2, 0.25) is 0 Å². The molecule has 0 bridgehead atoms. The number of nitrogens with zero attached hydrogens (tertiary/aromatic N) is 3. The Morgan fingerprint density at radius 3 is 2.73 bits per heavy atom. The monoisotopic (exact) mass is 431 g/mol. The largest absolute Gasteiger partial charge is 0.333 e. The van der Waals surface area contributed by atoms with E-state index in [0.29, 0.717) is 16.5 Å². The molecule has 3 N–H and O–H groups in total. The van der Waals surface area contributed by atoms with E-state index in [0.717, 1.165) is 24.4 Å². The van der Waals surface area contributed by atoms with E-state index in [1.54, 1.807) is 48.9 Å². The van der Waals surface area contributed by atoms with Crippen LogP contribution < -0.4 is 10.0 Å². The molecule has 4 rings (SSSR count). The van der Waals surface area contributed by atoms with Crippen LogP contribution in [-0.4, -0.2) is 37.0 Å². The van der Waals surface area contributed by atoms with Crippen LogP contribution >= 0.6 is 0 Å². The van der Waals surface area contributed by atoms with Gasteiger partial charge in [-0.3, -0.25) is 14.3 Å². The minimum atomic E-state index is -2.82. The Morgan fingerprint density at radius 1 is 1.20 bits per heavy atom. The molecule has 2 atom stereocenters. The molecular formula is C19H15F2N5O3S. The van der Waals surface area contributed by atoms with Crippen LogP contribution in [0, 0.1) is 0 Å². The first-order valence-corrected chi connectivity index (χ1v) is 9.70. The van der Waals surface area contributed by atoms with Gasteiger partial charge in [0.15, 0.2) is 5.83 Å². The number of nitrogens with one attached hydrogen (secondary N) is 2. The summed E-state index contributed by atoms with van der Waals surface area (Å²) in [5.74, 6) is -3.89. The van der Waals surface area contributed by atoms with Gasteiger partial charge in [-0.05, 0) is 35.4 Å². The maximum Gasteiger partial charge on any atom is 0.333 e. The summed E-state index contributed by atoms with van der Waals surface area (Å²) in [5, 5.41) is 10.6. The van der Waals surface area contributed by atoms with Crippen molar-refractivity contribution < 1.29 is 22.3 Å². The molecule has 8 nitrogen and oxygen atoms in total. The number of aromatic nitrogens is 3. The van der Waals surface area contributed by atoms with E-state index in [-0.39, 0.29) is 5.57 Å². The van der Waals surface area contributed by atoms with Crippen molar-refractivity contribution in [3.8, 4) is 11.1 Å². The molecule has 1 aromatic carbocycles. The molecule has 30 heavy (non-hydrogen) atoms. The Labute approximate surface area is 172 Å². The maximum atomic E-state index is 15.2. The SMILES string of the molecule is COC1(F)NC=C(c2ccc3nccc(-c4ccnnc4)c3c2)C(F)=C1NS(=O)O. The third-order valence-corrected chi connectivity index (χ3v) is 4.98. The number of pyridine rings is 1. The van der Waals surface area contributed by atoms with Crippen LogP contribution in [0.4, 0.5) is 8.78 Å². The number of ether oxygens (including phenoxy) is 1. The third-order valence-electron chi connectivity index (χ3n) is 4.60. The van der Waals surface area contributed by atoms with Gasteiger partial charge in [0.05, 0.1) is 17.9 Å². The number of methoxy groups -OCH3 is 1. The number of dihydropyridines is 1. The van der Waals surface area contributed by atoms with Crippen LogP contribution in [0.25, 0.3) is 27.6 Å². The summed E-state index contributed by atoms with van der Waals surface area (Å²) in [6.45, 7) is 0. The zero-order valence-electron chi connectivity index (χ0n) is 15.5. The van der Waals surface area contributed by atoms with Crippen molar-refractivity contribution in [1.29, 1.82) is 0 Å². The van der Waals surface area contributed by atoms with Crippen molar-refractivity contribution in [2.24, 2.45) is 0 Å². The first-order valence-electron chi connectivity index (χ1n) is 8.59. The van der Waals surface area contributed by atoms with E-state index in [4.69, 9.17) is 4.55 Å². The maximum absolute atomic E-state index is 15.2. The molecule has 1 aliphatic rings. The average Bonchev–Trinajstić information content (AvgIpc) is 2.76. The number of fused-ring (bicyclic) bond motifs is 1. The minimum absolute atomic E-state index is 0.0298. The van der Waals surface area contributed by atoms with Gasteiger partial charge in [-0.15, -0.1) is 0 Å². The molecule has 0 saturated carbocycles. The summed E-state index contributed by atoms with van der Waals surface area (Å²) in [6, 6.07) is 8.58. The van der Waals surface area contributed by atoms with Crippen LogP contribution in [-0.2, 0) is 16.0 Å². The van der Waals surface area contributed by atoms with Gasteiger partial charge in [-0.1, -0.05) is 6.07 Å². The van der Waals surface area contributed by atoms with Crippen LogP contribution in [0.5, 0.6) is 0 Å². The third kappa shape index (κ3) is 3.54. The van der Waals surface area contributed by atoms with E-state index in [9.17, 15) is 8.60 Å². The smallest absolute Gasteiger partial charge is 0.331 e. The van der Waals surface area contributed by atoms with Gasteiger partial charge in [0.1, 0.15) is 5.70 Å². The lowest BCUT2D eigenvalue weighted by Gasteiger charge is -2.30. The summed E-state index contributed by atoms with van der Waals surface area (Å²) in [4.78, 5) is 4.32. The summed E-state index contributed by atoms with van der Waals surface area (Å²) < 4.78 is 56.7. The first kappa shape index (κ1) is 20.0. The van der Waals surface area contributed by atoms with E-state index in [2.05, 4.69) is 25.2 Å². The predicted molar refractivity (Wildman–Crippen MR) is 107 cm³/mol. The lowest BCUT2D eigenvalue weighted by atomic mass is 9.96. The number of hydrogen-bond donors (Lipinski definition) is 3.